The molecule has 0 radical (unpaired) electrons. The Balaban J connectivity index is 1.57. The topological polar surface area (TPSA) is 29.5 Å². The molecule has 3 aromatic rings. The number of amides is 1. The van der Waals surface area contributed by atoms with E-state index in [1.165, 1.54) is 15.3 Å². The van der Waals surface area contributed by atoms with Crippen molar-refractivity contribution < 1.29 is 9.53 Å². The second kappa shape index (κ2) is 7.25. The van der Waals surface area contributed by atoms with Crippen LogP contribution in [0.25, 0.3) is 0 Å². The number of benzene rings is 1. The maximum Gasteiger partial charge on any atom is 0.261 e. The molecule has 0 saturated carbocycles. The minimum Gasteiger partial charge on any atom is -0.483 e. The number of carbonyl (C=O) groups excluding carboxylic acids is 1. The van der Waals surface area contributed by atoms with E-state index in [-0.39, 0.29) is 18.6 Å². The summed E-state index contributed by atoms with van der Waals surface area (Å²) in [5.41, 5.74) is 3.39. The highest BCUT2D eigenvalue weighted by Crippen LogP contribution is 2.39. The Morgan fingerprint density at radius 3 is 2.65 bits per heavy atom. The van der Waals surface area contributed by atoms with Crippen molar-refractivity contribution in [3.8, 4) is 5.75 Å². The van der Waals surface area contributed by atoms with E-state index in [1.54, 1.807) is 22.7 Å². The highest BCUT2D eigenvalue weighted by Gasteiger charge is 2.33. The van der Waals surface area contributed by atoms with E-state index in [4.69, 9.17) is 4.74 Å². The molecule has 1 aliphatic heterocycles. The Labute approximate surface area is 161 Å². The van der Waals surface area contributed by atoms with E-state index in [9.17, 15) is 4.79 Å². The third-order valence-electron chi connectivity index (χ3n) is 4.85. The van der Waals surface area contributed by atoms with Gasteiger partial charge in [-0.15, -0.1) is 22.7 Å². The van der Waals surface area contributed by atoms with E-state index >= 15 is 0 Å². The zero-order valence-corrected chi connectivity index (χ0v) is 16.5. The van der Waals surface area contributed by atoms with Crippen LogP contribution in [0.1, 0.15) is 32.5 Å². The lowest BCUT2D eigenvalue weighted by atomic mass is 9.98. The summed E-state index contributed by atoms with van der Waals surface area (Å²) in [6.45, 7) is 4.84. The van der Waals surface area contributed by atoms with E-state index < -0.39 is 0 Å². The molecule has 3 nitrogen and oxygen atoms in total. The average molecular weight is 384 g/mol. The molecular formula is C21H21NO2S2. The Morgan fingerprint density at radius 2 is 1.92 bits per heavy atom. The maximum atomic E-state index is 13.0. The first-order chi connectivity index (χ1) is 12.6. The molecule has 0 aliphatic carbocycles. The summed E-state index contributed by atoms with van der Waals surface area (Å²) in [5.74, 6) is 0.865. The van der Waals surface area contributed by atoms with Gasteiger partial charge in [-0.2, -0.15) is 0 Å². The number of fused-ring (bicyclic) bond motifs is 1. The number of para-hydroxylation sites is 1. The number of ether oxygens (including phenoxy) is 1. The number of aryl methyl sites for hydroxylation is 2. The third kappa shape index (κ3) is 3.17. The molecule has 2 aromatic heterocycles. The quantitative estimate of drug-likeness (QED) is 0.636. The fourth-order valence-electron chi connectivity index (χ4n) is 3.58. The van der Waals surface area contributed by atoms with Crippen LogP contribution >= 0.6 is 22.7 Å². The molecule has 1 amide bonds. The summed E-state index contributed by atoms with van der Waals surface area (Å²) in [7, 11) is 0. The molecule has 1 atom stereocenters. The first kappa shape index (κ1) is 17.3. The number of carbonyl (C=O) groups is 1. The first-order valence-electron chi connectivity index (χ1n) is 8.73. The lowest BCUT2D eigenvalue weighted by Gasteiger charge is -2.35. The van der Waals surface area contributed by atoms with E-state index in [1.807, 2.05) is 36.9 Å². The van der Waals surface area contributed by atoms with Crippen LogP contribution in [0, 0.1) is 13.8 Å². The van der Waals surface area contributed by atoms with Crippen molar-refractivity contribution in [1.29, 1.82) is 0 Å². The molecule has 4 rings (SSSR count). The van der Waals surface area contributed by atoms with E-state index in [0.717, 1.165) is 29.8 Å². The second-order valence-corrected chi connectivity index (χ2v) is 8.54. The van der Waals surface area contributed by atoms with Crippen LogP contribution in [-0.4, -0.2) is 24.0 Å². The van der Waals surface area contributed by atoms with Gasteiger partial charge >= 0.3 is 0 Å². The molecule has 0 bridgehead atoms. The highest BCUT2D eigenvalue weighted by molar-refractivity contribution is 7.10. The van der Waals surface area contributed by atoms with Crippen molar-refractivity contribution >= 4 is 28.6 Å². The van der Waals surface area contributed by atoms with E-state index in [0.29, 0.717) is 0 Å². The van der Waals surface area contributed by atoms with Crippen molar-refractivity contribution in [3.63, 3.8) is 0 Å². The van der Waals surface area contributed by atoms with Crippen molar-refractivity contribution in [2.24, 2.45) is 0 Å². The molecule has 0 spiro atoms. The maximum absolute atomic E-state index is 13.0. The zero-order valence-electron chi connectivity index (χ0n) is 14.9. The Hall–Kier alpha value is -2.11. The van der Waals surface area contributed by atoms with Gasteiger partial charge in [0.15, 0.2) is 6.61 Å². The van der Waals surface area contributed by atoms with Crippen molar-refractivity contribution in [2.45, 2.75) is 26.3 Å². The predicted octanol–water partition coefficient (Wildman–Crippen LogP) is 4.98. The van der Waals surface area contributed by atoms with Crippen molar-refractivity contribution in [1.82, 2.24) is 4.90 Å². The number of rotatable bonds is 4. The van der Waals surface area contributed by atoms with Crippen LogP contribution in [-0.2, 0) is 11.2 Å². The number of hydrogen-bond acceptors (Lipinski definition) is 4. The third-order valence-corrected chi connectivity index (χ3v) is 6.77. The Kier molecular flexibility index (Phi) is 4.83. The Morgan fingerprint density at radius 1 is 1.12 bits per heavy atom. The normalized spacial score (nSPS) is 16.4. The number of hydrogen-bond donors (Lipinski definition) is 0. The van der Waals surface area contributed by atoms with Crippen molar-refractivity contribution in [3.05, 3.63) is 73.6 Å². The predicted molar refractivity (Wildman–Crippen MR) is 107 cm³/mol. The number of thiophene rings is 2. The smallest absolute Gasteiger partial charge is 0.261 e. The van der Waals surface area contributed by atoms with Gasteiger partial charge in [0.05, 0.1) is 6.04 Å². The van der Waals surface area contributed by atoms with Crippen LogP contribution in [0.4, 0.5) is 0 Å². The lowest BCUT2D eigenvalue weighted by Crippen LogP contribution is -2.42. The lowest BCUT2D eigenvalue weighted by molar-refractivity contribution is -0.135. The summed E-state index contributed by atoms with van der Waals surface area (Å²) in [4.78, 5) is 17.6. The van der Waals surface area contributed by atoms with Gasteiger partial charge < -0.3 is 9.64 Å². The largest absolute Gasteiger partial charge is 0.483 e. The first-order valence-corrected chi connectivity index (χ1v) is 10.5. The fraction of sp³-hybridized carbons (Fsp3) is 0.286. The SMILES string of the molecule is Cc1cccc(C)c1OCC(=O)N1CCc2sccc2C1c1cccs1. The van der Waals surface area contributed by atoms with Gasteiger partial charge in [-0.3, -0.25) is 4.79 Å². The van der Waals surface area contributed by atoms with Gasteiger partial charge in [-0.1, -0.05) is 24.3 Å². The van der Waals surface area contributed by atoms with Gasteiger partial charge in [0.1, 0.15) is 5.75 Å². The van der Waals surface area contributed by atoms with Gasteiger partial charge in [0, 0.05) is 16.3 Å². The minimum atomic E-state index is 0.0130. The molecule has 1 aliphatic rings. The summed E-state index contributed by atoms with van der Waals surface area (Å²) in [5, 5.41) is 4.21. The summed E-state index contributed by atoms with van der Waals surface area (Å²) >= 11 is 3.50. The zero-order chi connectivity index (χ0) is 18.1. The van der Waals surface area contributed by atoms with Gasteiger partial charge in [0.25, 0.3) is 5.91 Å². The highest BCUT2D eigenvalue weighted by atomic mass is 32.1. The van der Waals surface area contributed by atoms with Crippen LogP contribution in [0.5, 0.6) is 5.75 Å². The molecule has 1 aromatic carbocycles. The average Bonchev–Trinajstić information content (AvgIpc) is 3.31. The monoisotopic (exact) mass is 383 g/mol. The molecule has 0 N–H and O–H groups in total. The molecule has 1 unspecified atom stereocenters. The van der Waals surface area contributed by atoms with Crippen LogP contribution in [0.2, 0.25) is 0 Å². The fourth-order valence-corrected chi connectivity index (χ4v) is 5.34. The summed E-state index contributed by atoms with van der Waals surface area (Å²) < 4.78 is 5.93. The molecule has 26 heavy (non-hydrogen) atoms. The van der Waals surface area contributed by atoms with Gasteiger partial charge in [0.2, 0.25) is 0 Å². The molecule has 5 heteroatoms. The minimum absolute atomic E-state index is 0.0130. The second-order valence-electron chi connectivity index (χ2n) is 6.56. The van der Waals surface area contributed by atoms with Crippen LogP contribution in [0.15, 0.2) is 47.2 Å². The van der Waals surface area contributed by atoms with E-state index in [2.05, 4.69) is 29.0 Å². The van der Waals surface area contributed by atoms with Crippen LogP contribution < -0.4 is 4.74 Å². The molecule has 0 fully saturated rings. The van der Waals surface area contributed by atoms with Crippen LogP contribution in [0.3, 0.4) is 0 Å². The summed E-state index contributed by atoms with van der Waals surface area (Å²) in [6, 6.07) is 12.4. The molecule has 0 saturated heterocycles. The standard InChI is InChI=1S/C21H21NO2S2/c1-14-5-3-6-15(2)21(14)24-13-19(23)22-10-8-17-16(9-12-26-17)20(22)18-7-4-11-25-18/h3-7,9,11-12,20H,8,10,13H2,1-2H3. The molecular weight excluding hydrogens is 362 g/mol. The Bertz CT molecular complexity index is 894. The van der Waals surface area contributed by atoms with Crippen molar-refractivity contribution in [2.75, 3.05) is 13.2 Å². The summed E-state index contributed by atoms with van der Waals surface area (Å²) in [6.07, 6.45) is 0.921. The van der Waals surface area contributed by atoms with Gasteiger partial charge in [-0.05, 0) is 59.9 Å². The molecule has 3 heterocycles. The van der Waals surface area contributed by atoms with Gasteiger partial charge in [-0.25, -0.2) is 0 Å². The number of nitrogens with zero attached hydrogens (tertiary/aromatic N) is 1. The molecule has 134 valence electrons.